The Bertz CT molecular complexity index is 1420. The fourth-order valence-electron chi connectivity index (χ4n) is 5.89. The minimum atomic E-state index is -0.713. The Morgan fingerprint density at radius 3 is 2.45 bits per heavy atom. The molecule has 4 aromatic rings. The van der Waals surface area contributed by atoms with Gasteiger partial charge >= 0.3 is 5.97 Å². The van der Waals surface area contributed by atoms with Gasteiger partial charge in [0.25, 0.3) is 0 Å². The van der Waals surface area contributed by atoms with Crippen molar-refractivity contribution in [1.29, 1.82) is 0 Å². The van der Waals surface area contributed by atoms with E-state index in [1.165, 1.54) is 16.3 Å². The summed E-state index contributed by atoms with van der Waals surface area (Å²) < 4.78 is 6.44. The monoisotopic (exact) mass is 527 g/mol. The smallest absolute Gasteiger partial charge is 0.314 e. The first-order chi connectivity index (χ1) is 18.0. The molecule has 1 aliphatic carbocycles. The molecule has 2 aliphatic rings. The molecule has 0 spiro atoms. The van der Waals surface area contributed by atoms with Gasteiger partial charge < -0.3 is 14.7 Å². The summed E-state index contributed by atoms with van der Waals surface area (Å²) in [6.45, 7) is 3.11. The fourth-order valence-corrected chi connectivity index (χ4v) is 5.89. The van der Waals surface area contributed by atoms with Crippen molar-refractivity contribution in [3.8, 4) is 5.75 Å². The van der Waals surface area contributed by atoms with Crippen LogP contribution in [0.1, 0.15) is 56.1 Å². The molecule has 0 saturated heterocycles. The van der Waals surface area contributed by atoms with Gasteiger partial charge in [-0.3, -0.25) is 4.79 Å². The molecule has 5 heteroatoms. The summed E-state index contributed by atoms with van der Waals surface area (Å²) in [4.78, 5) is 14.1. The van der Waals surface area contributed by atoms with E-state index in [9.17, 15) is 9.90 Å². The van der Waals surface area contributed by atoms with E-state index in [4.69, 9.17) is 4.74 Å². The van der Waals surface area contributed by atoms with Crippen LogP contribution in [0.25, 0.3) is 10.8 Å². The van der Waals surface area contributed by atoms with Crippen LogP contribution >= 0.6 is 12.4 Å². The molecule has 38 heavy (non-hydrogen) atoms. The number of para-hydroxylation sites is 2. The van der Waals surface area contributed by atoms with E-state index >= 15 is 0 Å². The van der Waals surface area contributed by atoms with Crippen molar-refractivity contribution < 1.29 is 14.6 Å². The lowest BCUT2D eigenvalue weighted by Crippen LogP contribution is -2.37. The number of rotatable bonds is 8. The third-order valence-electron chi connectivity index (χ3n) is 8.24. The number of carboxylic acids is 1. The SMILES string of the molecule is C[C@@H](CCCC1CN(c2ccc(C3(C(=O)O)CC3)cc2)c2ccccc2O1)c1cccc2ccccc12.Cl. The highest BCUT2D eigenvalue weighted by Gasteiger charge is 2.51. The summed E-state index contributed by atoms with van der Waals surface area (Å²) in [7, 11) is 0. The summed E-state index contributed by atoms with van der Waals surface area (Å²) in [6.07, 6.45) is 4.73. The number of anilines is 2. The number of hydrogen-bond acceptors (Lipinski definition) is 3. The lowest BCUT2D eigenvalue weighted by Gasteiger charge is -2.36. The van der Waals surface area contributed by atoms with Gasteiger partial charge in [0.2, 0.25) is 0 Å². The quantitative estimate of drug-likeness (QED) is 0.250. The van der Waals surface area contributed by atoms with Gasteiger partial charge in [-0.05, 0) is 84.2 Å². The molecule has 2 atom stereocenters. The van der Waals surface area contributed by atoms with Crippen molar-refractivity contribution in [3.63, 3.8) is 0 Å². The van der Waals surface area contributed by atoms with Crippen LogP contribution in [0.2, 0.25) is 0 Å². The second kappa shape index (κ2) is 10.7. The molecule has 0 radical (unpaired) electrons. The van der Waals surface area contributed by atoms with Crippen LogP contribution < -0.4 is 9.64 Å². The second-order valence-corrected chi connectivity index (χ2v) is 10.7. The fraction of sp³-hybridized carbons (Fsp3) is 0.303. The summed E-state index contributed by atoms with van der Waals surface area (Å²) in [5, 5.41) is 12.3. The molecule has 4 aromatic carbocycles. The third kappa shape index (κ3) is 4.86. The number of halogens is 1. The van der Waals surface area contributed by atoms with E-state index in [1.807, 2.05) is 30.3 Å². The maximum atomic E-state index is 11.8. The van der Waals surface area contributed by atoms with Crippen LogP contribution in [0.3, 0.4) is 0 Å². The molecule has 196 valence electrons. The molecule has 1 saturated carbocycles. The molecule has 1 fully saturated rings. The Balaban J connectivity index is 0.00000294. The number of fused-ring (bicyclic) bond motifs is 2. The van der Waals surface area contributed by atoms with Crippen LogP contribution in [0.4, 0.5) is 11.4 Å². The zero-order chi connectivity index (χ0) is 25.4. The van der Waals surface area contributed by atoms with Gasteiger partial charge in [-0.2, -0.15) is 0 Å². The lowest BCUT2D eigenvalue weighted by molar-refractivity contribution is -0.140. The van der Waals surface area contributed by atoms with Crippen molar-refractivity contribution in [3.05, 3.63) is 102 Å². The van der Waals surface area contributed by atoms with Crippen LogP contribution in [0.5, 0.6) is 5.75 Å². The van der Waals surface area contributed by atoms with Crippen LogP contribution in [-0.2, 0) is 10.2 Å². The number of ether oxygens (including phenoxy) is 1. The molecule has 6 rings (SSSR count). The molecular formula is C33H34ClNO3. The highest BCUT2D eigenvalue weighted by atomic mass is 35.5. The minimum Gasteiger partial charge on any atom is -0.486 e. The summed E-state index contributed by atoms with van der Waals surface area (Å²) in [6, 6.07) is 31.6. The van der Waals surface area contributed by atoms with Crippen molar-refractivity contribution in [2.75, 3.05) is 11.4 Å². The van der Waals surface area contributed by atoms with Crippen LogP contribution in [0.15, 0.2) is 91.0 Å². The van der Waals surface area contributed by atoms with Gasteiger partial charge in [-0.15, -0.1) is 12.4 Å². The lowest BCUT2D eigenvalue weighted by atomic mass is 9.90. The van der Waals surface area contributed by atoms with Crippen molar-refractivity contribution >= 4 is 40.5 Å². The number of hydrogen-bond donors (Lipinski definition) is 1. The number of nitrogens with zero attached hydrogens (tertiary/aromatic N) is 1. The predicted molar refractivity (Wildman–Crippen MR) is 156 cm³/mol. The van der Waals surface area contributed by atoms with Gasteiger partial charge in [0.15, 0.2) is 0 Å². The van der Waals surface area contributed by atoms with Gasteiger partial charge in [0.1, 0.15) is 11.9 Å². The summed E-state index contributed by atoms with van der Waals surface area (Å²) in [5.41, 5.74) is 3.80. The third-order valence-corrected chi connectivity index (χ3v) is 8.24. The highest BCUT2D eigenvalue weighted by Crippen LogP contribution is 2.49. The Hall–Kier alpha value is -3.50. The number of carbonyl (C=O) groups is 1. The zero-order valence-corrected chi connectivity index (χ0v) is 22.5. The number of carboxylic acid groups (broad SMARTS) is 1. The Kier molecular flexibility index (Phi) is 7.36. The summed E-state index contributed by atoms with van der Waals surface area (Å²) >= 11 is 0. The molecule has 0 bridgehead atoms. The van der Waals surface area contributed by atoms with E-state index in [1.54, 1.807) is 0 Å². The van der Waals surface area contributed by atoms with E-state index < -0.39 is 11.4 Å². The van der Waals surface area contributed by atoms with Crippen molar-refractivity contribution in [2.45, 2.75) is 56.5 Å². The Morgan fingerprint density at radius 1 is 0.974 bits per heavy atom. The average molecular weight is 528 g/mol. The van der Waals surface area contributed by atoms with E-state index in [0.29, 0.717) is 5.92 Å². The van der Waals surface area contributed by atoms with Gasteiger partial charge in [0, 0.05) is 5.69 Å². The van der Waals surface area contributed by atoms with Gasteiger partial charge in [-0.25, -0.2) is 0 Å². The average Bonchev–Trinajstić information content (AvgIpc) is 3.75. The standard InChI is InChI=1S/C33H33NO3.ClH/c1-23(28-13-7-10-24-9-2-3-12-29(24)28)8-6-11-27-22-34(30-14-4-5-15-31(30)37-27)26-18-16-25(17-19-26)33(20-21-33)32(35)36;/h2-5,7,9-10,12-19,23,27H,6,8,11,20-22H2,1H3,(H,35,36);1H/t23-,27?;/m0./s1. The van der Waals surface area contributed by atoms with E-state index in [-0.39, 0.29) is 18.5 Å². The second-order valence-electron chi connectivity index (χ2n) is 10.7. The van der Waals surface area contributed by atoms with Crippen LogP contribution in [0, 0.1) is 0 Å². The summed E-state index contributed by atoms with van der Waals surface area (Å²) in [5.74, 6) is 0.679. The first-order valence-corrected chi connectivity index (χ1v) is 13.4. The molecule has 1 heterocycles. The van der Waals surface area contributed by atoms with Gasteiger partial charge in [-0.1, -0.05) is 73.7 Å². The molecule has 4 nitrogen and oxygen atoms in total. The van der Waals surface area contributed by atoms with Crippen molar-refractivity contribution in [1.82, 2.24) is 0 Å². The van der Waals surface area contributed by atoms with E-state index in [2.05, 4.69) is 72.5 Å². The molecule has 0 aromatic heterocycles. The Labute approximate surface area is 230 Å². The minimum absolute atomic E-state index is 0. The topological polar surface area (TPSA) is 49.8 Å². The van der Waals surface area contributed by atoms with Crippen LogP contribution in [-0.4, -0.2) is 23.7 Å². The molecule has 0 amide bonds. The normalized spacial score (nSPS) is 18.1. The molecule has 1 unspecified atom stereocenters. The first-order valence-electron chi connectivity index (χ1n) is 13.4. The maximum absolute atomic E-state index is 11.8. The molecule has 1 N–H and O–H groups in total. The predicted octanol–water partition coefficient (Wildman–Crippen LogP) is 8.25. The molecule has 1 aliphatic heterocycles. The first kappa shape index (κ1) is 26.1. The van der Waals surface area contributed by atoms with Gasteiger partial charge in [0.05, 0.1) is 17.6 Å². The molecular weight excluding hydrogens is 494 g/mol. The zero-order valence-electron chi connectivity index (χ0n) is 21.7. The highest BCUT2D eigenvalue weighted by molar-refractivity contribution is 5.86. The number of aliphatic carboxylic acids is 1. The largest absolute Gasteiger partial charge is 0.486 e. The Morgan fingerprint density at radius 2 is 1.68 bits per heavy atom. The van der Waals surface area contributed by atoms with E-state index in [0.717, 1.165) is 61.3 Å². The maximum Gasteiger partial charge on any atom is 0.314 e. The number of benzene rings is 4. The van der Waals surface area contributed by atoms with Crippen molar-refractivity contribution in [2.24, 2.45) is 0 Å².